The van der Waals surface area contributed by atoms with Crippen LogP contribution in [0.4, 0.5) is 4.39 Å². The van der Waals surface area contributed by atoms with Crippen molar-refractivity contribution in [1.29, 1.82) is 0 Å². The van der Waals surface area contributed by atoms with Crippen LogP contribution in [0.5, 0.6) is 5.75 Å². The van der Waals surface area contributed by atoms with E-state index in [1.54, 1.807) is 12.1 Å². The fourth-order valence-electron chi connectivity index (χ4n) is 3.41. The molecule has 0 aromatic heterocycles. The molecular formula is C23H29FN2O3. The summed E-state index contributed by atoms with van der Waals surface area (Å²) in [6, 6.07) is 13.9. The van der Waals surface area contributed by atoms with Gasteiger partial charge in [-0.2, -0.15) is 0 Å². The van der Waals surface area contributed by atoms with Crippen LogP contribution in [0, 0.1) is 5.82 Å². The Hall–Kier alpha value is -2.44. The largest absolute Gasteiger partial charge is 0.494 e. The number of aryl methyl sites for hydroxylation is 1. The van der Waals surface area contributed by atoms with E-state index in [4.69, 9.17) is 4.74 Å². The van der Waals surface area contributed by atoms with Gasteiger partial charge in [-0.15, -0.1) is 0 Å². The van der Waals surface area contributed by atoms with Crippen LogP contribution in [0.15, 0.2) is 48.5 Å². The molecule has 1 amide bonds. The van der Waals surface area contributed by atoms with Gasteiger partial charge in [0.15, 0.2) is 0 Å². The molecule has 0 bridgehead atoms. The number of ether oxygens (including phenoxy) is 1. The predicted octanol–water partition coefficient (Wildman–Crippen LogP) is 2.96. The number of carbonyl (C=O) groups is 1. The number of hydrogen-bond acceptors (Lipinski definition) is 4. The van der Waals surface area contributed by atoms with E-state index < -0.39 is 12.1 Å². The van der Waals surface area contributed by atoms with Gasteiger partial charge >= 0.3 is 0 Å². The van der Waals surface area contributed by atoms with Gasteiger partial charge in [0, 0.05) is 6.54 Å². The number of aliphatic hydroxyl groups excluding tert-OH is 1. The van der Waals surface area contributed by atoms with Gasteiger partial charge in [0.05, 0.1) is 12.7 Å². The summed E-state index contributed by atoms with van der Waals surface area (Å²) < 4.78 is 18.4. The summed E-state index contributed by atoms with van der Waals surface area (Å²) in [5.41, 5.74) is 2.31. The van der Waals surface area contributed by atoms with Crippen LogP contribution < -0.4 is 15.4 Å². The van der Waals surface area contributed by atoms with E-state index in [0.29, 0.717) is 31.9 Å². The lowest BCUT2D eigenvalue weighted by atomic mass is 10.1. The molecule has 0 spiro atoms. The van der Waals surface area contributed by atoms with Gasteiger partial charge in [0.2, 0.25) is 5.91 Å². The minimum atomic E-state index is -0.599. The first kappa shape index (κ1) is 21.3. The zero-order valence-electron chi connectivity index (χ0n) is 16.6. The van der Waals surface area contributed by atoms with Gasteiger partial charge in [-0.3, -0.25) is 4.79 Å². The van der Waals surface area contributed by atoms with Gasteiger partial charge in [-0.05, 0) is 74.0 Å². The third-order valence-electron chi connectivity index (χ3n) is 5.15. The summed E-state index contributed by atoms with van der Waals surface area (Å²) in [5.74, 6) is 0.296. The monoisotopic (exact) mass is 400 g/mol. The molecule has 0 radical (unpaired) electrons. The lowest BCUT2D eigenvalue weighted by Gasteiger charge is -2.14. The van der Waals surface area contributed by atoms with Crippen LogP contribution in [0.1, 0.15) is 36.8 Å². The molecule has 1 aliphatic heterocycles. The van der Waals surface area contributed by atoms with Crippen LogP contribution in [-0.2, 0) is 17.8 Å². The third-order valence-corrected chi connectivity index (χ3v) is 5.15. The van der Waals surface area contributed by atoms with Gasteiger partial charge in [-0.25, -0.2) is 4.39 Å². The van der Waals surface area contributed by atoms with E-state index in [1.807, 2.05) is 12.1 Å². The fourth-order valence-corrected chi connectivity index (χ4v) is 3.41. The number of nitrogens with one attached hydrogen (secondary N) is 2. The topological polar surface area (TPSA) is 70.6 Å². The summed E-state index contributed by atoms with van der Waals surface area (Å²) >= 11 is 0. The van der Waals surface area contributed by atoms with Crippen molar-refractivity contribution in [3.05, 3.63) is 65.5 Å². The first-order valence-electron chi connectivity index (χ1n) is 10.3. The van der Waals surface area contributed by atoms with Crippen molar-refractivity contribution in [3.63, 3.8) is 0 Å². The van der Waals surface area contributed by atoms with Crippen molar-refractivity contribution in [1.82, 2.24) is 10.6 Å². The van der Waals surface area contributed by atoms with E-state index in [2.05, 4.69) is 22.8 Å². The summed E-state index contributed by atoms with van der Waals surface area (Å²) in [6.45, 7) is 1.77. The Bertz CT molecular complexity index is 765. The van der Waals surface area contributed by atoms with E-state index in [-0.39, 0.29) is 11.7 Å². The number of rotatable bonds is 10. The Labute approximate surface area is 171 Å². The summed E-state index contributed by atoms with van der Waals surface area (Å²) in [6.07, 6.45) is 4.12. The molecule has 2 atom stereocenters. The summed E-state index contributed by atoms with van der Waals surface area (Å²) in [5, 5.41) is 15.6. The van der Waals surface area contributed by atoms with E-state index in [1.165, 1.54) is 17.7 Å². The van der Waals surface area contributed by atoms with Crippen LogP contribution in [0.2, 0.25) is 0 Å². The van der Waals surface area contributed by atoms with Gasteiger partial charge in [-0.1, -0.05) is 24.3 Å². The maximum Gasteiger partial charge on any atom is 0.240 e. The molecule has 2 aromatic rings. The van der Waals surface area contributed by atoms with Crippen molar-refractivity contribution < 1.29 is 19.0 Å². The lowest BCUT2D eigenvalue weighted by molar-refractivity contribution is -0.124. The molecule has 3 N–H and O–H groups in total. The molecule has 3 rings (SSSR count). The average Bonchev–Trinajstić information content (AvgIpc) is 3.17. The summed E-state index contributed by atoms with van der Waals surface area (Å²) in [7, 11) is 0. The highest BCUT2D eigenvalue weighted by atomic mass is 19.1. The molecule has 2 aromatic carbocycles. The molecule has 29 heavy (non-hydrogen) atoms. The molecule has 6 heteroatoms. The van der Waals surface area contributed by atoms with Crippen molar-refractivity contribution in [2.24, 2.45) is 0 Å². The Morgan fingerprint density at radius 3 is 2.48 bits per heavy atom. The Kier molecular flexibility index (Phi) is 8.02. The van der Waals surface area contributed by atoms with Crippen LogP contribution in [-0.4, -0.2) is 36.3 Å². The average molecular weight is 400 g/mol. The van der Waals surface area contributed by atoms with Gasteiger partial charge in [0.25, 0.3) is 0 Å². The minimum absolute atomic E-state index is 0.151. The fraction of sp³-hybridized carbons (Fsp3) is 0.435. The maximum absolute atomic E-state index is 12.8. The number of benzene rings is 2. The van der Waals surface area contributed by atoms with Gasteiger partial charge < -0.3 is 20.5 Å². The van der Waals surface area contributed by atoms with Gasteiger partial charge in [0.1, 0.15) is 17.6 Å². The van der Waals surface area contributed by atoms with E-state index >= 15 is 0 Å². The van der Waals surface area contributed by atoms with Crippen LogP contribution in [0.3, 0.4) is 0 Å². The number of halogens is 1. The number of unbranched alkanes of at least 4 members (excludes halogenated alkanes) is 2. The number of aliphatic hydroxyl groups is 1. The molecule has 1 fully saturated rings. The Morgan fingerprint density at radius 1 is 1.07 bits per heavy atom. The highest BCUT2D eigenvalue weighted by Gasteiger charge is 2.30. The number of carbonyl (C=O) groups excluding carboxylic acids is 1. The Balaban J connectivity index is 1.29. The zero-order chi connectivity index (χ0) is 20.5. The first-order chi connectivity index (χ1) is 14.1. The molecule has 1 aliphatic rings. The number of hydrogen-bond donors (Lipinski definition) is 3. The smallest absolute Gasteiger partial charge is 0.240 e. The highest BCUT2D eigenvalue weighted by molar-refractivity contribution is 5.82. The molecule has 1 heterocycles. The van der Waals surface area contributed by atoms with Crippen molar-refractivity contribution in [2.45, 2.75) is 50.8 Å². The Morgan fingerprint density at radius 2 is 1.79 bits per heavy atom. The third kappa shape index (κ3) is 6.84. The van der Waals surface area contributed by atoms with E-state index in [9.17, 15) is 14.3 Å². The van der Waals surface area contributed by atoms with Crippen molar-refractivity contribution in [2.75, 3.05) is 13.2 Å². The minimum Gasteiger partial charge on any atom is -0.494 e. The molecule has 0 aliphatic carbocycles. The maximum atomic E-state index is 12.8. The zero-order valence-corrected chi connectivity index (χ0v) is 16.6. The normalized spacial score (nSPS) is 18.6. The predicted molar refractivity (Wildman–Crippen MR) is 110 cm³/mol. The summed E-state index contributed by atoms with van der Waals surface area (Å²) in [4.78, 5) is 12.1. The molecule has 0 unspecified atom stereocenters. The van der Waals surface area contributed by atoms with Crippen LogP contribution in [0.25, 0.3) is 0 Å². The second-order valence-corrected chi connectivity index (χ2v) is 7.44. The number of amides is 1. The lowest BCUT2D eigenvalue weighted by Crippen LogP contribution is -2.45. The quantitative estimate of drug-likeness (QED) is 0.537. The second kappa shape index (κ2) is 10.9. The molecule has 5 nitrogen and oxygen atoms in total. The van der Waals surface area contributed by atoms with Crippen LogP contribution >= 0.6 is 0 Å². The van der Waals surface area contributed by atoms with E-state index in [0.717, 1.165) is 31.2 Å². The molecule has 156 valence electrons. The highest BCUT2D eigenvalue weighted by Crippen LogP contribution is 2.13. The second-order valence-electron chi connectivity index (χ2n) is 7.44. The molecule has 1 saturated heterocycles. The molecule has 0 saturated carbocycles. The van der Waals surface area contributed by atoms with Crippen molar-refractivity contribution in [3.8, 4) is 5.75 Å². The first-order valence-corrected chi connectivity index (χ1v) is 10.3. The standard InChI is InChI=1S/C23H29FN2O3/c24-19-9-11-20(12-10-19)29-15-3-1-2-4-17-5-7-18(8-6-17)16-26-23(28)22-21(27)13-14-25-22/h5-12,21-22,25,27H,1-4,13-16H2,(H,26,28)/t21-,22-/m0/s1. The van der Waals surface area contributed by atoms with Crippen molar-refractivity contribution >= 4 is 5.91 Å². The molecular weight excluding hydrogens is 371 g/mol. The SMILES string of the molecule is O=C(NCc1ccc(CCCCCOc2ccc(F)cc2)cc1)[C@H]1NCC[C@@H]1O.